The van der Waals surface area contributed by atoms with Gasteiger partial charge in [-0.3, -0.25) is 0 Å². The summed E-state index contributed by atoms with van der Waals surface area (Å²) in [5.74, 6) is 0.0467. The molecule has 3 aromatic rings. The Bertz CT molecular complexity index is 905. The Morgan fingerprint density at radius 2 is 1.70 bits per heavy atom. The zero-order valence-electron chi connectivity index (χ0n) is 13.0. The van der Waals surface area contributed by atoms with Gasteiger partial charge >= 0.3 is 0 Å². The molecule has 0 fully saturated rings. The Hall–Kier alpha value is -2.20. The van der Waals surface area contributed by atoms with E-state index in [4.69, 9.17) is 0 Å². The van der Waals surface area contributed by atoms with Crippen molar-refractivity contribution in [2.75, 3.05) is 5.75 Å². The number of fused-ring (bicyclic) bond motifs is 1. The fourth-order valence-electron chi connectivity index (χ4n) is 2.79. The summed E-state index contributed by atoms with van der Waals surface area (Å²) in [6.45, 7) is 2.02. The molecule has 4 heteroatoms. The van der Waals surface area contributed by atoms with Crippen LogP contribution in [0.2, 0.25) is 0 Å². The lowest BCUT2D eigenvalue weighted by Gasteiger charge is -2.16. The molecule has 1 heterocycles. The van der Waals surface area contributed by atoms with Crippen LogP contribution in [0.3, 0.4) is 0 Å². The Morgan fingerprint density at radius 1 is 0.957 bits per heavy atom. The largest absolute Gasteiger partial charge is 0.245 e. The number of benzene rings is 2. The predicted molar refractivity (Wildman–Crippen MR) is 93.3 cm³/mol. The highest BCUT2D eigenvalue weighted by atomic mass is 32.2. The molecule has 0 bridgehead atoms. The molecule has 1 aromatic heterocycles. The van der Waals surface area contributed by atoms with Crippen LogP contribution in [0.25, 0.3) is 10.8 Å². The van der Waals surface area contributed by atoms with Gasteiger partial charge in [-0.1, -0.05) is 55.5 Å². The van der Waals surface area contributed by atoms with Crippen LogP contribution >= 0.6 is 0 Å². The van der Waals surface area contributed by atoms with Gasteiger partial charge in [0.15, 0.2) is 14.9 Å². The molecule has 0 amide bonds. The number of sulfone groups is 1. The van der Waals surface area contributed by atoms with E-state index < -0.39 is 9.84 Å². The summed E-state index contributed by atoms with van der Waals surface area (Å²) in [7, 11) is -3.38. The number of nitrogens with zero attached hydrogens (tertiary/aromatic N) is 1. The molecule has 0 spiro atoms. The maximum absolute atomic E-state index is 12.6. The zero-order chi connectivity index (χ0) is 16.3. The van der Waals surface area contributed by atoms with Gasteiger partial charge in [0.25, 0.3) is 0 Å². The van der Waals surface area contributed by atoms with Crippen molar-refractivity contribution in [3.63, 3.8) is 0 Å². The lowest BCUT2D eigenvalue weighted by atomic mass is 9.96. The maximum Gasteiger partial charge on any atom is 0.196 e. The van der Waals surface area contributed by atoms with Crippen molar-refractivity contribution < 1.29 is 8.42 Å². The van der Waals surface area contributed by atoms with Crippen LogP contribution in [-0.4, -0.2) is 19.2 Å². The number of rotatable bonds is 5. The minimum absolute atomic E-state index is 0.0355. The van der Waals surface area contributed by atoms with Gasteiger partial charge in [0, 0.05) is 6.20 Å². The first-order valence-electron chi connectivity index (χ1n) is 7.72. The Balaban J connectivity index is 1.92. The van der Waals surface area contributed by atoms with E-state index in [-0.39, 0.29) is 16.7 Å². The minimum Gasteiger partial charge on any atom is -0.245 e. The van der Waals surface area contributed by atoms with Crippen molar-refractivity contribution in [3.05, 3.63) is 72.4 Å². The van der Waals surface area contributed by atoms with E-state index in [0.29, 0.717) is 0 Å². The van der Waals surface area contributed by atoms with Gasteiger partial charge in [-0.15, -0.1) is 0 Å². The summed E-state index contributed by atoms with van der Waals surface area (Å²) < 4.78 is 25.2. The van der Waals surface area contributed by atoms with Crippen LogP contribution in [0, 0.1) is 0 Å². The summed E-state index contributed by atoms with van der Waals surface area (Å²) in [4.78, 5) is 3.99. The SMILES string of the molecule is CC[C@H](CS(=O)(=O)c1ccccn1)c1ccc2ccccc2c1. The molecule has 0 N–H and O–H groups in total. The summed E-state index contributed by atoms with van der Waals surface area (Å²) in [5, 5.41) is 2.46. The third-order valence-corrected chi connectivity index (χ3v) is 5.83. The first kappa shape index (κ1) is 15.7. The molecular formula is C19H19NO2S. The summed E-state index contributed by atoms with van der Waals surface area (Å²) in [6, 6.07) is 19.3. The molecule has 0 aliphatic rings. The lowest BCUT2D eigenvalue weighted by Crippen LogP contribution is -2.15. The molecule has 118 valence electrons. The molecule has 1 atom stereocenters. The molecule has 0 aliphatic carbocycles. The summed E-state index contributed by atoms with van der Waals surface area (Å²) >= 11 is 0. The fourth-order valence-corrected chi connectivity index (χ4v) is 4.43. The Kier molecular flexibility index (Phi) is 4.44. The first-order valence-corrected chi connectivity index (χ1v) is 9.38. The van der Waals surface area contributed by atoms with Gasteiger partial charge in [0.1, 0.15) is 0 Å². The van der Waals surface area contributed by atoms with Crippen molar-refractivity contribution in [2.45, 2.75) is 24.3 Å². The normalized spacial score (nSPS) is 13.1. The van der Waals surface area contributed by atoms with E-state index in [2.05, 4.69) is 29.2 Å². The summed E-state index contributed by atoms with van der Waals surface area (Å²) in [6.07, 6.45) is 2.29. The molecular weight excluding hydrogens is 306 g/mol. The molecule has 0 saturated carbocycles. The average molecular weight is 325 g/mol. The minimum atomic E-state index is -3.38. The molecule has 2 aromatic carbocycles. The monoisotopic (exact) mass is 325 g/mol. The number of aromatic nitrogens is 1. The number of pyridine rings is 1. The van der Waals surface area contributed by atoms with Crippen molar-refractivity contribution in [2.24, 2.45) is 0 Å². The van der Waals surface area contributed by atoms with Crippen molar-refractivity contribution in [1.29, 1.82) is 0 Å². The topological polar surface area (TPSA) is 47.0 Å². The van der Waals surface area contributed by atoms with E-state index in [1.807, 2.05) is 25.1 Å². The van der Waals surface area contributed by atoms with Gasteiger partial charge in [-0.2, -0.15) is 0 Å². The van der Waals surface area contributed by atoms with E-state index >= 15 is 0 Å². The van der Waals surface area contributed by atoms with Crippen molar-refractivity contribution >= 4 is 20.6 Å². The second-order valence-electron chi connectivity index (χ2n) is 5.66. The van der Waals surface area contributed by atoms with E-state index in [1.54, 1.807) is 18.2 Å². The number of hydrogen-bond donors (Lipinski definition) is 0. The highest BCUT2D eigenvalue weighted by Gasteiger charge is 2.22. The van der Waals surface area contributed by atoms with Gasteiger partial charge < -0.3 is 0 Å². The van der Waals surface area contributed by atoms with Crippen molar-refractivity contribution in [1.82, 2.24) is 4.98 Å². The maximum atomic E-state index is 12.6. The predicted octanol–water partition coefficient (Wildman–Crippen LogP) is 4.20. The Morgan fingerprint density at radius 3 is 2.39 bits per heavy atom. The van der Waals surface area contributed by atoms with Crippen LogP contribution in [-0.2, 0) is 9.84 Å². The average Bonchev–Trinajstić information content (AvgIpc) is 2.60. The molecule has 0 aliphatic heterocycles. The second kappa shape index (κ2) is 6.50. The highest BCUT2D eigenvalue weighted by molar-refractivity contribution is 7.91. The van der Waals surface area contributed by atoms with Crippen molar-refractivity contribution in [3.8, 4) is 0 Å². The second-order valence-corrected chi connectivity index (χ2v) is 7.64. The lowest BCUT2D eigenvalue weighted by molar-refractivity contribution is 0.581. The molecule has 0 saturated heterocycles. The highest BCUT2D eigenvalue weighted by Crippen LogP contribution is 2.27. The van der Waals surface area contributed by atoms with Crippen LogP contribution in [0.15, 0.2) is 71.9 Å². The van der Waals surface area contributed by atoms with Gasteiger partial charge in [-0.05, 0) is 40.8 Å². The molecule has 23 heavy (non-hydrogen) atoms. The third kappa shape index (κ3) is 3.42. The molecule has 0 radical (unpaired) electrons. The number of hydrogen-bond acceptors (Lipinski definition) is 3. The molecule has 3 nitrogen and oxygen atoms in total. The van der Waals surface area contributed by atoms with Crippen LogP contribution in [0.1, 0.15) is 24.8 Å². The first-order chi connectivity index (χ1) is 11.1. The van der Waals surface area contributed by atoms with E-state index in [9.17, 15) is 8.42 Å². The smallest absolute Gasteiger partial charge is 0.196 e. The van der Waals surface area contributed by atoms with Gasteiger partial charge in [-0.25, -0.2) is 13.4 Å². The molecule has 0 unspecified atom stereocenters. The van der Waals surface area contributed by atoms with E-state index in [1.165, 1.54) is 11.6 Å². The fraction of sp³-hybridized carbons (Fsp3) is 0.211. The zero-order valence-corrected chi connectivity index (χ0v) is 13.8. The molecule has 3 rings (SSSR count). The summed E-state index contributed by atoms with van der Waals surface area (Å²) in [5.41, 5.74) is 1.06. The third-order valence-electron chi connectivity index (χ3n) is 4.11. The van der Waals surface area contributed by atoms with Crippen LogP contribution < -0.4 is 0 Å². The van der Waals surface area contributed by atoms with Gasteiger partial charge in [0.2, 0.25) is 0 Å². The quantitative estimate of drug-likeness (QED) is 0.706. The van der Waals surface area contributed by atoms with E-state index in [0.717, 1.165) is 17.4 Å². The van der Waals surface area contributed by atoms with Crippen LogP contribution in [0.4, 0.5) is 0 Å². The van der Waals surface area contributed by atoms with Gasteiger partial charge in [0.05, 0.1) is 5.75 Å². The standard InChI is InChI=1S/C19H19NO2S/c1-2-15(14-23(21,22)19-9-5-6-12-20-19)18-11-10-16-7-3-4-8-17(16)13-18/h3-13,15H,2,14H2,1H3/t15-/m1/s1. The van der Waals surface area contributed by atoms with Crippen LogP contribution in [0.5, 0.6) is 0 Å². The Labute approximate surface area is 136 Å².